The number of hydrogen-bond acceptors (Lipinski definition) is 6. The number of benzene rings is 3. The van der Waals surface area contributed by atoms with Gasteiger partial charge in [-0.25, -0.2) is 0 Å². The van der Waals surface area contributed by atoms with Crippen molar-refractivity contribution in [2.75, 3.05) is 19.0 Å². The van der Waals surface area contributed by atoms with Gasteiger partial charge in [-0.3, -0.25) is 19.8 Å². The van der Waals surface area contributed by atoms with Crippen LogP contribution in [0, 0.1) is 17.0 Å². The van der Waals surface area contributed by atoms with E-state index in [1.807, 2.05) is 73.7 Å². The SMILES string of the molecule is COc1cc([C@@H]2[C@@H]3CCCN3[C@@]3(C(=O)Nc4ccccc43)[C@@H]2[N+](=O)[O-])ccc1OCc1ccc(C)cc1. The highest BCUT2D eigenvalue weighted by Crippen LogP contribution is 2.58. The predicted molar refractivity (Wildman–Crippen MR) is 139 cm³/mol. The fraction of sp³-hybridized carbons (Fsp3) is 0.345. The number of nitrogens with one attached hydrogen (secondary N) is 1. The van der Waals surface area contributed by atoms with E-state index in [0.717, 1.165) is 24.0 Å². The molecule has 4 atom stereocenters. The second-order valence-corrected chi connectivity index (χ2v) is 10.1. The van der Waals surface area contributed by atoms with Gasteiger partial charge in [0.1, 0.15) is 6.61 Å². The number of para-hydroxylation sites is 1. The summed E-state index contributed by atoms with van der Waals surface area (Å²) in [5.74, 6) is 0.308. The molecule has 8 heteroatoms. The van der Waals surface area contributed by atoms with E-state index >= 15 is 0 Å². The van der Waals surface area contributed by atoms with Gasteiger partial charge in [0.15, 0.2) is 17.0 Å². The van der Waals surface area contributed by atoms with Crippen LogP contribution >= 0.6 is 0 Å². The van der Waals surface area contributed by atoms with Crippen LogP contribution in [0.3, 0.4) is 0 Å². The molecule has 190 valence electrons. The van der Waals surface area contributed by atoms with Crippen LogP contribution in [0.5, 0.6) is 11.5 Å². The molecular formula is C29H29N3O5. The van der Waals surface area contributed by atoms with Crippen LogP contribution in [0.15, 0.2) is 66.7 Å². The van der Waals surface area contributed by atoms with Crippen molar-refractivity contribution in [2.24, 2.45) is 0 Å². The van der Waals surface area contributed by atoms with Gasteiger partial charge in [-0.2, -0.15) is 0 Å². The smallest absolute Gasteiger partial charge is 0.256 e. The fourth-order valence-electron chi connectivity index (χ4n) is 6.63. The molecule has 1 N–H and O–H groups in total. The standard InChI is InChI=1S/C29H29N3O5/c1-18-9-11-19(12-10-18)17-37-24-14-13-20(16-25(24)36-2)26-23-8-5-15-31(23)29(27(26)32(34)35)21-6-3-4-7-22(21)30-28(29)33/h3-4,6-7,9-14,16,23,26-27H,5,8,15,17H2,1-2H3,(H,30,33)/t23-,26+,27+,29+/m0/s1. The summed E-state index contributed by atoms with van der Waals surface area (Å²) in [4.78, 5) is 28.2. The Morgan fingerprint density at radius 1 is 1.11 bits per heavy atom. The first-order chi connectivity index (χ1) is 17.9. The van der Waals surface area contributed by atoms with Gasteiger partial charge in [0.2, 0.25) is 0 Å². The highest BCUT2D eigenvalue weighted by atomic mass is 16.6. The van der Waals surface area contributed by atoms with Crippen molar-refractivity contribution in [1.29, 1.82) is 0 Å². The quantitative estimate of drug-likeness (QED) is 0.392. The maximum Gasteiger partial charge on any atom is 0.256 e. The number of methoxy groups -OCH3 is 1. The van der Waals surface area contributed by atoms with Crippen molar-refractivity contribution in [2.45, 2.75) is 49.9 Å². The molecule has 3 aromatic rings. The van der Waals surface area contributed by atoms with Crippen molar-refractivity contribution >= 4 is 11.6 Å². The van der Waals surface area contributed by atoms with Crippen molar-refractivity contribution < 1.29 is 19.2 Å². The first kappa shape index (κ1) is 23.5. The van der Waals surface area contributed by atoms with Crippen LogP contribution in [0.1, 0.15) is 41.0 Å². The van der Waals surface area contributed by atoms with Crippen LogP contribution in [0.2, 0.25) is 0 Å². The molecule has 3 aliphatic heterocycles. The molecule has 0 radical (unpaired) electrons. The summed E-state index contributed by atoms with van der Waals surface area (Å²) < 4.78 is 11.7. The Bertz CT molecular complexity index is 1370. The van der Waals surface area contributed by atoms with Crippen molar-refractivity contribution in [3.8, 4) is 11.5 Å². The Balaban J connectivity index is 1.39. The Hall–Kier alpha value is -3.91. The van der Waals surface area contributed by atoms with Crippen molar-refractivity contribution in [1.82, 2.24) is 4.90 Å². The number of amides is 1. The van der Waals surface area contributed by atoms with Crippen molar-refractivity contribution in [3.05, 3.63) is 99.1 Å². The third-order valence-corrected chi connectivity index (χ3v) is 8.18. The van der Waals surface area contributed by atoms with Gasteiger partial charge in [-0.15, -0.1) is 0 Å². The van der Waals surface area contributed by atoms with Crippen LogP contribution in [-0.2, 0) is 16.9 Å². The second kappa shape index (κ2) is 8.88. The molecule has 3 aliphatic rings. The normalized spacial score (nSPS) is 26.1. The van der Waals surface area contributed by atoms with E-state index in [0.29, 0.717) is 35.9 Å². The number of carbonyl (C=O) groups is 1. The Morgan fingerprint density at radius 2 is 1.89 bits per heavy atom. The van der Waals surface area contributed by atoms with E-state index < -0.39 is 17.5 Å². The van der Waals surface area contributed by atoms with Gasteiger partial charge in [0.05, 0.1) is 13.0 Å². The van der Waals surface area contributed by atoms with Gasteiger partial charge < -0.3 is 14.8 Å². The lowest BCUT2D eigenvalue weighted by Gasteiger charge is -2.32. The molecule has 0 unspecified atom stereocenters. The van der Waals surface area contributed by atoms with Crippen LogP contribution < -0.4 is 14.8 Å². The van der Waals surface area contributed by atoms with E-state index in [2.05, 4.69) is 10.2 Å². The molecular weight excluding hydrogens is 470 g/mol. The molecule has 3 aromatic carbocycles. The number of rotatable bonds is 6. The monoisotopic (exact) mass is 499 g/mol. The Labute approximate surface area is 215 Å². The zero-order valence-electron chi connectivity index (χ0n) is 20.8. The van der Waals surface area contributed by atoms with E-state index in [9.17, 15) is 14.9 Å². The molecule has 2 fully saturated rings. The summed E-state index contributed by atoms with van der Waals surface area (Å²) in [6, 6.07) is 19.8. The Morgan fingerprint density at radius 3 is 2.65 bits per heavy atom. The number of hydrogen-bond donors (Lipinski definition) is 1. The van der Waals surface area contributed by atoms with E-state index in [-0.39, 0.29) is 16.9 Å². The van der Waals surface area contributed by atoms with Crippen molar-refractivity contribution in [3.63, 3.8) is 0 Å². The molecule has 0 aromatic heterocycles. The number of aryl methyl sites for hydroxylation is 1. The molecule has 1 spiro atoms. The lowest BCUT2D eigenvalue weighted by molar-refractivity contribution is -0.534. The number of ether oxygens (including phenoxy) is 2. The lowest BCUT2D eigenvalue weighted by atomic mass is 9.77. The largest absolute Gasteiger partial charge is 0.493 e. The lowest BCUT2D eigenvalue weighted by Crippen LogP contribution is -2.55. The summed E-state index contributed by atoms with van der Waals surface area (Å²) in [7, 11) is 1.57. The first-order valence-corrected chi connectivity index (χ1v) is 12.6. The topological polar surface area (TPSA) is 93.9 Å². The van der Waals surface area contributed by atoms with E-state index in [4.69, 9.17) is 9.47 Å². The highest BCUT2D eigenvalue weighted by molar-refractivity contribution is 6.07. The van der Waals surface area contributed by atoms with Gasteiger partial charge >= 0.3 is 0 Å². The van der Waals surface area contributed by atoms with E-state index in [1.54, 1.807) is 7.11 Å². The van der Waals surface area contributed by atoms with Crippen LogP contribution in [-0.4, -0.2) is 41.5 Å². The predicted octanol–water partition coefficient (Wildman–Crippen LogP) is 4.64. The molecule has 2 saturated heterocycles. The molecule has 0 saturated carbocycles. The minimum Gasteiger partial charge on any atom is -0.493 e. The zero-order valence-corrected chi connectivity index (χ0v) is 20.8. The van der Waals surface area contributed by atoms with Crippen LogP contribution in [0.25, 0.3) is 0 Å². The van der Waals surface area contributed by atoms with Gasteiger partial charge in [-0.1, -0.05) is 54.1 Å². The maximum atomic E-state index is 13.6. The highest BCUT2D eigenvalue weighted by Gasteiger charge is 2.73. The molecule has 8 nitrogen and oxygen atoms in total. The van der Waals surface area contributed by atoms with Gasteiger partial charge in [0.25, 0.3) is 11.9 Å². The molecule has 0 aliphatic carbocycles. The third kappa shape index (κ3) is 3.50. The minimum absolute atomic E-state index is 0.128. The second-order valence-electron chi connectivity index (χ2n) is 10.1. The fourth-order valence-corrected chi connectivity index (χ4v) is 6.63. The number of nitrogens with zero attached hydrogens (tertiary/aromatic N) is 2. The summed E-state index contributed by atoms with van der Waals surface area (Å²) in [5, 5.41) is 15.7. The molecule has 37 heavy (non-hydrogen) atoms. The van der Waals surface area contributed by atoms with Crippen LogP contribution in [0.4, 0.5) is 5.69 Å². The first-order valence-electron chi connectivity index (χ1n) is 12.6. The van der Waals surface area contributed by atoms with E-state index in [1.165, 1.54) is 5.56 Å². The Kier molecular flexibility index (Phi) is 5.64. The molecule has 3 heterocycles. The average molecular weight is 500 g/mol. The third-order valence-electron chi connectivity index (χ3n) is 8.18. The summed E-state index contributed by atoms with van der Waals surface area (Å²) in [6.45, 7) is 3.06. The zero-order chi connectivity index (χ0) is 25.7. The van der Waals surface area contributed by atoms with Gasteiger partial charge in [0, 0.05) is 28.8 Å². The maximum absolute atomic E-state index is 13.6. The summed E-state index contributed by atoms with van der Waals surface area (Å²) in [5.41, 5.74) is 3.02. The number of nitro groups is 1. The average Bonchev–Trinajstić information content (AvgIpc) is 3.56. The summed E-state index contributed by atoms with van der Waals surface area (Å²) >= 11 is 0. The van der Waals surface area contributed by atoms with Gasteiger partial charge in [-0.05, 0) is 49.1 Å². The molecule has 0 bridgehead atoms. The minimum atomic E-state index is -1.33. The number of anilines is 1. The summed E-state index contributed by atoms with van der Waals surface area (Å²) in [6.07, 6.45) is 1.68. The molecule has 1 amide bonds. The number of fused-ring (bicyclic) bond motifs is 4. The number of carbonyl (C=O) groups excluding carboxylic acids is 1. The molecule has 6 rings (SSSR count).